The fourth-order valence-electron chi connectivity index (χ4n) is 1.42. The largest absolute Gasteiger partial charge is 0.399 e. The molecule has 0 N–H and O–H groups in total. The number of carbonyl (C=O) groups is 1. The minimum Gasteiger partial charge on any atom is -0.399 e. The van der Waals surface area contributed by atoms with Gasteiger partial charge in [-0.2, -0.15) is 0 Å². The molecule has 0 amide bonds. The number of allylic oxidation sites excluding steroid dienone is 1. The molecule has 0 unspecified atom stereocenters. The molecule has 0 heterocycles. The van der Waals surface area contributed by atoms with Crippen molar-refractivity contribution in [3.63, 3.8) is 0 Å². The highest BCUT2D eigenvalue weighted by Crippen LogP contribution is 2.17. The topological polar surface area (TPSA) is 38.7 Å². The van der Waals surface area contributed by atoms with Crippen LogP contribution < -0.4 is 0 Å². The molecular formula is C11H9NO2. The van der Waals surface area contributed by atoms with E-state index in [1.54, 1.807) is 6.08 Å². The molecule has 70 valence electrons. The van der Waals surface area contributed by atoms with Crippen LogP contribution in [0, 0.1) is 0 Å². The summed E-state index contributed by atoms with van der Waals surface area (Å²) in [6, 6.07) is 7.58. The zero-order valence-electron chi connectivity index (χ0n) is 7.73. The quantitative estimate of drug-likeness (QED) is 0.627. The summed E-state index contributed by atoms with van der Waals surface area (Å²) in [5.74, 6) is -0.120. The second-order valence-electron chi connectivity index (χ2n) is 2.91. The van der Waals surface area contributed by atoms with E-state index in [1.807, 2.05) is 24.3 Å². The van der Waals surface area contributed by atoms with E-state index in [9.17, 15) is 4.79 Å². The van der Waals surface area contributed by atoms with Crippen molar-refractivity contribution in [3.8, 4) is 0 Å². The summed E-state index contributed by atoms with van der Waals surface area (Å²) < 4.78 is 0. The van der Waals surface area contributed by atoms with Crippen LogP contribution in [0.4, 0.5) is 0 Å². The van der Waals surface area contributed by atoms with E-state index in [4.69, 9.17) is 0 Å². The third-order valence-electron chi connectivity index (χ3n) is 2.05. The third-order valence-corrected chi connectivity index (χ3v) is 2.05. The summed E-state index contributed by atoms with van der Waals surface area (Å²) >= 11 is 0. The fraction of sp³-hybridized carbons (Fsp3) is 0.0909. The van der Waals surface area contributed by atoms with Gasteiger partial charge in [-0.05, 0) is 11.6 Å². The molecule has 0 fully saturated rings. The lowest BCUT2D eigenvalue weighted by molar-refractivity contribution is -0.109. The van der Waals surface area contributed by atoms with E-state index in [0.717, 1.165) is 11.1 Å². The molecule has 1 aromatic rings. The lowest BCUT2D eigenvalue weighted by Crippen LogP contribution is -2.17. The molecular weight excluding hydrogens is 178 g/mol. The Kier molecular flexibility index (Phi) is 2.14. The van der Waals surface area contributed by atoms with Crippen molar-refractivity contribution in [2.24, 2.45) is 5.16 Å². The average molecular weight is 187 g/mol. The fourth-order valence-corrected chi connectivity index (χ4v) is 1.42. The van der Waals surface area contributed by atoms with Crippen molar-refractivity contribution in [2.75, 3.05) is 7.11 Å². The van der Waals surface area contributed by atoms with E-state index in [2.05, 4.69) is 9.99 Å². The number of rotatable bonds is 1. The molecule has 1 aliphatic carbocycles. The molecule has 0 radical (unpaired) electrons. The molecule has 1 aromatic carbocycles. The maximum atomic E-state index is 11.4. The molecule has 0 bridgehead atoms. The lowest BCUT2D eigenvalue weighted by Gasteiger charge is -2.10. The standard InChI is InChI=1S/C11H9NO2/c1-14-12-11-9-5-3-2-4-8(9)6-7-10(11)13/h2-7H,1H3/b12-11-. The molecule has 2 rings (SSSR count). The van der Waals surface area contributed by atoms with Gasteiger partial charge in [0.1, 0.15) is 7.11 Å². The predicted octanol–water partition coefficient (Wildman–Crippen LogP) is 1.63. The Morgan fingerprint density at radius 2 is 2.00 bits per heavy atom. The Morgan fingerprint density at radius 3 is 2.79 bits per heavy atom. The predicted molar refractivity (Wildman–Crippen MR) is 54.0 cm³/mol. The first-order chi connectivity index (χ1) is 6.83. The molecule has 0 atom stereocenters. The van der Waals surface area contributed by atoms with Crippen LogP contribution in [-0.4, -0.2) is 18.6 Å². The van der Waals surface area contributed by atoms with Crippen LogP contribution in [0.3, 0.4) is 0 Å². The maximum Gasteiger partial charge on any atom is 0.208 e. The van der Waals surface area contributed by atoms with Gasteiger partial charge < -0.3 is 4.84 Å². The van der Waals surface area contributed by atoms with Crippen LogP contribution in [0.2, 0.25) is 0 Å². The minimum absolute atomic E-state index is 0.120. The lowest BCUT2D eigenvalue weighted by atomic mass is 9.95. The number of hydrogen-bond acceptors (Lipinski definition) is 3. The van der Waals surface area contributed by atoms with E-state index >= 15 is 0 Å². The highest BCUT2D eigenvalue weighted by molar-refractivity contribution is 6.52. The Hall–Kier alpha value is -1.90. The number of carbonyl (C=O) groups excluding carboxylic acids is 1. The first kappa shape index (κ1) is 8.69. The van der Waals surface area contributed by atoms with E-state index in [1.165, 1.54) is 13.2 Å². The highest BCUT2D eigenvalue weighted by Gasteiger charge is 2.18. The van der Waals surface area contributed by atoms with Crippen LogP contribution in [0.15, 0.2) is 35.5 Å². The van der Waals surface area contributed by atoms with Gasteiger partial charge in [-0.3, -0.25) is 4.79 Å². The van der Waals surface area contributed by atoms with Gasteiger partial charge in [0.2, 0.25) is 5.78 Å². The first-order valence-corrected chi connectivity index (χ1v) is 4.26. The Balaban J connectivity index is 2.59. The Labute approximate surface area is 81.7 Å². The van der Waals surface area contributed by atoms with Crippen molar-refractivity contribution in [1.82, 2.24) is 0 Å². The van der Waals surface area contributed by atoms with Gasteiger partial charge in [-0.15, -0.1) is 0 Å². The summed E-state index contributed by atoms with van der Waals surface area (Å²) in [7, 11) is 1.43. The van der Waals surface area contributed by atoms with E-state index in [-0.39, 0.29) is 5.78 Å². The Morgan fingerprint density at radius 1 is 1.21 bits per heavy atom. The second kappa shape index (κ2) is 3.46. The summed E-state index contributed by atoms with van der Waals surface area (Å²) in [5.41, 5.74) is 2.18. The molecule has 3 heteroatoms. The molecule has 14 heavy (non-hydrogen) atoms. The summed E-state index contributed by atoms with van der Waals surface area (Å²) in [4.78, 5) is 16.1. The van der Waals surface area contributed by atoms with Gasteiger partial charge in [0.05, 0.1) is 0 Å². The van der Waals surface area contributed by atoms with Gasteiger partial charge in [0.15, 0.2) is 5.71 Å². The zero-order chi connectivity index (χ0) is 9.97. The maximum absolute atomic E-state index is 11.4. The summed E-state index contributed by atoms with van der Waals surface area (Å²) in [5, 5.41) is 3.72. The number of hydrogen-bond donors (Lipinski definition) is 0. The molecule has 0 spiro atoms. The van der Waals surface area contributed by atoms with Gasteiger partial charge in [0, 0.05) is 5.56 Å². The summed E-state index contributed by atoms with van der Waals surface area (Å²) in [6.45, 7) is 0. The van der Waals surface area contributed by atoms with Gasteiger partial charge in [0.25, 0.3) is 0 Å². The SMILES string of the molecule is CO/N=C1\C(=O)C=Cc2ccccc21. The van der Waals surface area contributed by atoms with Crippen molar-refractivity contribution < 1.29 is 9.63 Å². The first-order valence-electron chi connectivity index (χ1n) is 4.26. The number of nitrogens with zero attached hydrogens (tertiary/aromatic N) is 1. The van der Waals surface area contributed by atoms with Crippen LogP contribution in [-0.2, 0) is 9.63 Å². The number of benzene rings is 1. The molecule has 0 aromatic heterocycles. The molecule has 1 aliphatic rings. The molecule has 0 saturated carbocycles. The normalized spacial score (nSPS) is 16.9. The second-order valence-corrected chi connectivity index (χ2v) is 2.91. The van der Waals surface area contributed by atoms with Gasteiger partial charge in [-0.1, -0.05) is 35.5 Å². The third kappa shape index (κ3) is 1.33. The average Bonchev–Trinajstić information content (AvgIpc) is 2.23. The van der Waals surface area contributed by atoms with Crippen LogP contribution >= 0.6 is 0 Å². The van der Waals surface area contributed by atoms with E-state index in [0.29, 0.717) is 5.71 Å². The van der Waals surface area contributed by atoms with Gasteiger partial charge in [-0.25, -0.2) is 0 Å². The molecule has 0 aliphatic heterocycles. The van der Waals surface area contributed by atoms with Crippen molar-refractivity contribution in [1.29, 1.82) is 0 Å². The van der Waals surface area contributed by atoms with E-state index < -0.39 is 0 Å². The van der Waals surface area contributed by atoms with Crippen molar-refractivity contribution in [3.05, 3.63) is 41.5 Å². The highest BCUT2D eigenvalue weighted by atomic mass is 16.6. The minimum atomic E-state index is -0.120. The number of oxime groups is 1. The summed E-state index contributed by atoms with van der Waals surface area (Å²) in [6.07, 6.45) is 3.28. The smallest absolute Gasteiger partial charge is 0.208 e. The molecule has 0 saturated heterocycles. The Bertz CT molecular complexity index is 433. The zero-order valence-corrected chi connectivity index (χ0v) is 7.73. The van der Waals surface area contributed by atoms with Crippen LogP contribution in [0.25, 0.3) is 6.08 Å². The van der Waals surface area contributed by atoms with Crippen molar-refractivity contribution in [2.45, 2.75) is 0 Å². The van der Waals surface area contributed by atoms with Crippen LogP contribution in [0.5, 0.6) is 0 Å². The van der Waals surface area contributed by atoms with Crippen molar-refractivity contribution >= 4 is 17.6 Å². The molecule has 3 nitrogen and oxygen atoms in total. The van der Waals surface area contributed by atoms with Crippen LogP contribution in [0.1, 0.15) is 11.1 Å². The number of ketones is 1. The number of fused-ring (bicyclic) bond motifs is 1. The van der Waals surface area contributed by atoms with Gasteiger partial charge >= 0.3 is 0 Å². The monoisotopic (exact) mass is 187 g/mol.